The Morgan fingerprint density at radius 2 is 2.12 bits per heavy atom. The molecule has 1 amide bonds. The van der Waals surface area contributed by atoms with Crippen LogP contribution in [0.3, 0.4) is 0 Å². The number of thiazole rings is 1. The lowest BCUT2D eigenvalue weighted by Crippen LogP contribution is -2.12. The first-order valence-electron chi connectivity index (χ1n) is 8.76. The fourth-order valence-corrected chi connectivity index (χ4v) is 3.89. The van der Waals surface area contributed by atoms with Crippen LogP contribution in [0.25, 0.3) is 16.0 Å². The summed E-state index contributed by atoms with van der Waals surface area (Å²) in [6.45, 7) is 2.14. The molecule has 1 aromatic carbocycles. The zero-order valence-electron chi connectivity index (χ0n) is 14.5. The van der Waals surface area contributed by atoms with Crippen molar-refractivity contribution in [1.29, 1.82) is 0 Å². The van der Waals surface area contributed by atoms with Gasteiger partial charge in [0.25, 0.3) is 5.91 Å². The molecule has 0 bridgehead atoms. The van der Waals surface area contributed by atoms with Crippen LogP contribution in [0.4, 0.5) is 5.69 Å². The summed E-state index contributed by atoms with van der Waals surface area (Å²) < 4.78 is 1.95. The number of unbranched alkanes of at least 4 members (excludes halogenated alkanes) is 1. The van der Waals surface area contributed by atoms with Crippen molar-refractivity contribution >= 4 is 33.8 Å². The molecule has 26 heavy (non-hydrogen) atoms. The molecule has 6 heteroatoms. The number of aryl methyl sites for hydroxylation is 1. The molecule has 0 radical (unpaired) electrons. The van der Waals surface area contributed by atoms with E-state index in [1.54, 1.807) is 0 Å². The Kier molecular flexibility index (Phi) is 4.58. The van der Waals surface area contributed by atoms with Crippen LogP contribution in [0.5, 0.6) is 0 Å². The average molecular weight is 364 g/mol. The number of anilines is 1. The number of rotatable bonds is 6. The lowest BCUT2D eigenvalue weighted by Gasteiger charge is -2.05. The molecule has 2 N–H and O–H groups in total. The molecule has 0 unspecified atom stereocenters. The summed E-state index contributed by atoms with van der Waals surface area (Å²) in [6, 6.07) is 11.8. The maximum atomic E-state index is 12.9. The van der Waals surface area contributed by atoms with Gasteiger partial charge in [0.05, 0.1) is 5.69 Å². The van der Waals surface area contributed by atoms with E-state index in [2.05, 4.69) is 17.2 Å². The van der Waals surface area contributed by atoms with Gasteiger partial charge < -0.3 is 14.9 Å². The molecule has 5 nitrogen and oxygen atoms in total. The Balaban J connectivity index is 1.62. The van der Waals surface area contributed by atoms with Gasteiger partial charge in [-0.1, -0.05) is 30.7 Å². The van der Waals surface area contributed by atoms with Gasteiger partial charge in [0.15, 0.2) is 5.13 Å². The Labute approximate surface area is 155 Å². The molecule has 0 fully saturated rings. The van der Waals surface area contributed by atoms with E-state index in [0.29, 0.717) is 4.88 Å². The summed E-state index contributed by atoms with van der Waals surface area (Å²) in [5.74, 6) is -0.0992. The first kappa shape index (κ1) is 16.6. The summed E-state index contributed by atoms with van der Waals surface area (Å²) in [7, 11) is 0. The number of hydrogen-bond donors (Lipinski definition) is 2. The highest BCUT2D eigenvalue weighted by molar-refractivity contribution is 7.16. The molecule has 3 heterocycles. The van der Waals surface area contributed by atoms with E-state index < -0.39 is 0 Å². The fourth-order valence-electron chi connectivity index (χ4n) is 2.92. The number of nitrogens with zero attached hydrogens (tertiary/aromatic N) is 2. The highest BCUT2D eigenvalue weighted by Gasteiger charge is 2.19. The Bertz CT molecular complexity index is 1030. The van der Waals surface area contributed by atoms with Crippen LogP contribution in [0.1, 0.15) is 35.1 Å². The van der Waals surface area contributed by atoms with Crippen molar-refractivity contribution in [1.82, 2.24) is 14.5 Å². The van der Waals surface area contributed by atoms with E-state index in [0.717, 1.165) is 46.7 Å². The third-order valence-corrected chi connectivity index (χ3v) is 5.41. The zero-order chi connectivity index (χ0) is 17.9. The minimum absolute atomic E-state index is 0.0992. The first-order valence-corrected chi connectivity index (χ1v) is 9.58. The van der Waals surface area contributed by atoms with Gasteiger partial charge in [-0.25, -0.2) is 4.98 Å². The topological polar surface area (TPSA) is 62.7 Å². The van der Waals surface area contributed by atoms with Gasteiger partial charge in [0.2, 0.25) is 0 Å². The number of H-pyrrole nitrogens is 1. The van der Waals surface area contributed by atoms with Gasteiger partial charge >= 0.3 is 0 Å². The van der Waals surface area contributed by atoms with Crippen molar-refractivity contribution in [2.75, 3.05) is 5.32 Å². The number of benzene rings is 1. The SMILES string of the molecule is CCCCc1nc(-n2cccc2)sc1C(=O)Nc1ccc2cc[nH]c2c1. The highest BCUT2D eigenvalue weighted by atomic mass is 32.1. The molecule has 0 saturated carbocycles. The van der Waals surface area contributed by atoms with Gasteiger partial charge in [-0.15, -0.1) is 0 Å². The number of aromatic amines is 1. The molecular weight excluding hydrogens is 344 g/mol. The molecule has 0 aliphatic heterocycles. The van der Waals surface area contributed by atoms with Crippen LogP contribution in [0.2, 0.25) is 0 Å². The molecule has 0 spiro atoms. The number of carbonyl (C=O) groups is 1. The van der Waals surface area contributed by atoms with E-state index in [4.69, 9.17) is 4.98 Å². The second kappa shape index (κ2) is 7.17. The fraction of sp³-hybridized carbons (Fsp3) is 0.200. The summed E-state index contributed by atoms with van der Waals surface area (Å²) in [4.78, 5) is 21.5. The molecule has 4 rings (SSSR count). The van der Waals surface area contributed by atoms with Crippen LogP contribution in [0.15, 0.2) is 55.0 Å². The van der Waals surface area contributed by atoms with E-state index in [9.17, 15) is 4.79 Å². The molecule has 3 aromatic heterocycles. The number of amides is 1. The quantitative estimate of drug-likeness (QED) is 0.505. The summed E-state index contributed by atoms with van der Waals surface area (Å²) >= 11 is 1.43. The van der Waals surface area contributed by atoms with Gasteiger partial charge in [0, 0.05) is 29.8 Å². The van der Waals surface area contributed by atoms with E-state index in [1.165, 1.54) is 11.3 Å². The van der Waals surface area contributed by atoms with Crippen LogP contribution in [-0.2, 0) is 6.42 Å². The number of nitrogens with one attached hydrogen (secondary N) is 2. The van der Waals surface area contributed by atoms with Crippen molar-refractivity contribution < 1.29 is 4.79 Å². The minimum Gasteiger partial charge on any atom is -0.361 e. The smallest absolute Gasteiger partial charge is 0.267 e. The maximum Gasteiger partial charge on any atom is 0.267 e. The van der Waals surface area contributed by atoms with Gasteiger partial charge in [-0.3, -0.25) is 4.79 Å². The van der Waals surface area contributed by atoms with Crippen molar-refractivity contribution in [2.45, 2.75) is 26.2 Å². The monoisotopic (exact) mass is 364 g/mol. The molecular formula is C20H20N4OS. The normalized spacial score (nSPS) is 11.1. The van der Waals surface area contributed by atoms with Crippen molar-refractivity contribution in [3.63, 3.8) is 0 Å². The van der Waals surface area contributed by atoms with Crippen molar-refractivity contribution in [2.24, 2.45) is 0 Å². The molecule has 0 aliphatic carbocycles. The molecule has 0 aliphatic rings. The lowest BCUT2D eigenvalue weighted by molar-refractivity contribution is 0.102. The third kappa shape index (κ3) is 3.28. The molecule has 132 valence electrons. The maximum absolute atomic E-state index is 12.9. The van der Waals surface area contributed by atoms with Crippen LogP contribution in [0, 0.1) is 0 Å². The first-order chi connectivity index (χ1) is 12.7. The van der Waals surface area contributed by atoms with Crippen LogP contribution >= 0.6 is 11.3 Å². The largest absolute Gasteiger partial charge is 0.361 e. The second-order valence-electron chi connectivity index (χ2n) is 6.20. The Morgan fingerprint density at radius 3 is 2.92 bits per heavy atom. The molecule has 4 aromatic rings. The third-order valence-electron chi connectivity index (χ3n) is 4.30. The second-order valence-corrected chi connectivity index (χ2v) is 7.18. The van der Waals surface area contributed by atoms with E-state index in [1.807, 2.05) is 59.6 Å². The average Bonchev–Trinajstić information content (AvgIpc) is 3.38. The van der Waals surface area contributed by atoms with Gasteiger partial charge in [-0.2, -0.15) is 0 Å². The predicted molar refractivity (Wildman–Crippen MR) is 106 cm³/mol. The Hall–Kier alpha value is -2.86. The Morgan fingerprint density at radius 1 is 1.27 bits per heavy atom. The lowest BCUT2D eigenvalue weighted by atomic mass is 10.2. The number of carbonyl (C=O) groups excluding carboxylic acids is 1. The number of aromatic nitrogens is 3. The van der Waals surface area contributed by atoms with Gasteiger partial charge in [0.1, 0.15) is 4.88 Å². The van der Waals surface area contributed by atoms with Crippen molar-refractivity contribution in [3.05, 3.63) is 65.6 Å². The summed E-state index contributed by atoms with van der Waals surface area (Å²) in [5, 5.41) is 4.97. The van der Waals surface area contributed by atoms with E-state index >= 15 is 0 Å². The summed E-state index contributed by atoms with van der Waals surface area (Å²) in [6.07, 6.45) is 8.69. The van der Waals surface area contributed by atoms with Crippen LogP contribution < -0.4 is 5.32 Å². The zero-order valence-corrected chi connectivity index (χ0v) is 15.3. The number of hydrogen-bond acceptors (Lipinski definition) is 3. The van der Waals surface area contributed by atoms with Crippen LogP contribution in [-0.4, -0.2) is 20.4 Å². The predicted octanol–water partition coefficient (Wildman–Crippen LogP) is 5.01. The molecule has 0 atom stereocenters. The summed E-state index contributed by atoms with van der Waals surface area (Å²) in [5.41, 5.74) is 2.66. The minimum atomic E-state index is -0.0992. The number of fused-ring (bicyclic) bond motifs is 1. The van der Waals surface area contributed by atoms with Gasteiger partial charge in [-0.05, 0) is 48.6 Å². The van der Waals surface area contributed by atoms with E-state index in [-0.39, 0.29) is 5.91 Å². The highest BCUT2D eigenvalue weighted by Crippen LogP contribution is 2.26. The van der Waals surface area contributed by atoms with Crippen molar-refractivity contribution in [3.8, 4) is 5.13 Å². The standard InChI is InChI=1S/C20H20N4OS/c1-2-3-6-16-18(26-20(23-16)24-11-4-5-12-24)19(25)22-15-8-7-14-9-10-21-17(14)13-15/h4-5,7-13,21H,2-3,6H2,1H3,(H,22,25). The molecule has 0 saturated heterocycles.